The third-order valence-electron chi connectivity index (χ3n) is 12.1. The van der Waals surface area contributed by atoms with E-state index in [1.807, 2.05) is 0 Å². The summed E-state index contributed by atoms with van der Waals surface area (Å²) in [6, 6.07) is 39.8. The van der Waals surface area contributed by atoms with Gasteiger partial charge in [-0.2, -0.15) is 12.1 Å². The summed E-state index contributed by atoms with van der Waals surface area (Å²) in [4.78, 5) is 0. The van der Waals surface area contributed by atoms with Crippen LogP contribution in [0, 0.1) is 26.7 Å². The first-order chi connectivity index (χ1) is 25.4. The van der Waals surface area contributed by atoms with E-state index in [2.05, 4.69) is 203 Å². The molecule has 6 rings (SSSR count). The topological polar surface area (TPSA) is 0 Å². The molecule has 0 spiro atoms. The zero-order valence-corrected chi connectivity index (χ0v) is 47.4. The van der Waals surface area contributed by atoms with Gasteiger partial charge in [0.05, 0.1) is 32.3 Å². The van der Waals surface area contributed by atoms with Crippen molar-refractivity contribution in [1.29, 1.82) is 0 Å². The van der Waals surface area contributed by atoms with Gasteiger partial charge in [-0.25, -0.2) is 0 Å². The zero-order valence-electron chi connectivity index (χ0n) is 39.8. The first-order valence-electron chi connectivity index (χ1n) is 21.1. The quantitative estimate of drug-likeness (QED) is 0.0847. The SMILES string of the molecule is CC(C)CC(CC(C)C)(c1cc2c(-c3cc([Si](C)(C)C)cc([Si](C)(C)C)c3)cccc2[cH-]1)c1cc2c(-c3cc([Si](C)(C)C)cc([Si](C)(C)C)c3)cccc2[cH-]1.[CH3-].[CH3-].[Hf+4]. The van der Waals surface area contributed by atoms with E-state index in [-0.39, 0.29) is 46.1 Å². The molecule has 0 saturated heterocycles. The Balaban J connectivity index is 0.00000300. The maximum Gasteiger partial charge on any atom is 4.00 e. The molecule has 58 heavy (non-hydrogen) atoms. The molecule has 0 atom stereocenters. The molecule has 5 heteroatoms. The van der Waals surface area contributed by atoms with Crippen molar-refractivity contribution in [3.63, 3.8) is 0 Å². The summed E-state index contributed by atoms with van der Waals surface area (Å²) in [5, 5.41) is 11.9. The van der Waals surface area contributed by atoms with Gasteiger partial charge in [-0.3, -0.25) is 0 Å². The Bertz CT molecular complexity index is 2090. The van der Waals surface area contributed by atoms with E-state index in [9.17, 15) is 0 Å². The fourth-order valence-electron chi connectivity index (χ4n) is 8.94. The van der Waals surface area contributed by atoms with Crippen molar-refractivity contribution < 1.29 is 25.8 Å². The molecule has 0 nitrogen and oxygen atoms in total. The summed E-state index contributed by atoms with van der Waals surface area (Å²) in [6.07, 6.45) is 2.25. The van der Waals surface area contributed by atoms with Gasteiger partial charge in [0.1, 0.15) is 0 Å². The maximum absolute atomic E-state index is 2.61. The molecule has 0 amide bonds. The molecule has 0 radical (unpaired) electrons. The Labute approximate surface area is 379 Å². The summed E-state index contributed by atoms with van der Waals surface area (Å²) in [7, 11) is -6.10. The Morgan fingerprint density at radius 1 is 0.448 bits per heavy atom. The van der Waals surface area contributed by atoms with Gasteiger partial charge >= 0.3 is 25.8 Å². The van der Waals surface area contributed by atoms with E-state index in [4.69, 9.17) is 0 Å². The molecule has 0 N–H and O–H groups in total. The number of hydrogen-bond donors (Lipinski definition) is 0. The van der Waals surface area contributed by atoms with Crippen molar-refractivity contribution in [2.45, 2.75) is 125 Å². The maximum atomic E-state index is 2.61. The zero-order chi connectivity index (χ0) is 40.5. The van der Waals surface area contributed by atoms with Crippen LogP contribution in [0.15, 0.2) is 97.1 Å². The second kappa shape index (κ2) is 18.1. The molecule has 0 fully saturated rings. The molecule has 0 aromatic heterocycles. The Morgan fingerprint density at radius 2 is 0.741 bits per heavy atom. The molecule has 308 valence electrons. The first-order valence-corrected chi connectivity index (χ1v) is 35.1. The third kappa shape index (κ3) is 10.5. The minimum Gasteiger partial charge on any atom is -0.358 e. The van der Waals surface area contributed by atoms with Gasteiger partial charge in [0.2, 0.25) is 0 Å². The van der Waals surface area contributed by atoms with Crippen molar-refractivity contribution in [1.82, 2.24) is 0 Å². The average Bonchev–Trinajstić information content (AvgIpc) is 3.71. The molecule has 0 aliphatic rings. The molecule has 0 aliphatic heterocycles. The van der Waals surface area contributed by atoms with Crippen LogP contribution in [0.4, 0.5) is 0 Å². The van der Waals surface area contributed by atoms with Crippen LogP contribution >= 0.6 is 0 Å². The molecule has 0 bridgehead atoms. The number of benzene rings is 4. The molecular formula is C53H76HfSi4. The fraction of sp³-hybridized carbons (Fsp3) is 0.396. The molecule has 6 aromatic carbocycles. The molecule has 0 aliphatic carbocycles. The van der Waals surface area contributed by atoms with Gasteiger partial charge in [0.25, 0.3) is 0 Å². The van der Waals surface area contributed by atoms with Gasteiger partial charge in [-0.15, -0.1) is 69.1 Å². The Morgan fingerprint density at radius 3 is 1.00 bits per heavy atom. The monoisotopic (exact) mass is 1000 g/mol. The minimum absolute atomic E-state index is 0. The van der Waals surface area contributed by atoms with Crippen molar-refractivity contribution in [3.8, 4) is 22.3 Å². The minimum atomic E-state index is -1.53. The smallest absolute Gasteiger partial charge is 0.358 e. The molecule has 0 unspecified atom stereocenters. The van der Waals surface area contributed by atoms with Crippen LogP contribution in [-0.4, -0.2) is 32.3 Å². The van der Waals surface area contributed by atoms with E-state index in [1.165, 1.54) is 54.9 Å². The summed E-state index contributed by atoms with van der Waals surface area (Å²) in [6.45, 7) is 39.7. The van der Waals surface area contributed by atoms with Crippen molar-refractivity contribution in [3.05, 3.63) is 123 Å². The Hall–Kier alpha value is -2.16. The van der Waals surface area contributed by atoms with Crippen LogP contribution in [0.3, 0.4) is 0 Å². The van der Waals surface area contributed by atoms with E-state index in [0.29, 0.717) is 11.8 Å². The third-order valence-corrected chi connectivity index (χ3v) is 20.2. The van der Waals surface area contributed by atoms with E-state index in [0.717, 1.165) is 12.8 Å². The summed E-state index contributed by atoms with van der Waals surface area (Å²) >= 11 is 0. The summed E-state index contributed by atoms with van der Waals surface area (Å²) in [5.41, 5.74) is 8.47. The second-order valence-corrected chi connectivity index (χ2v) is 42.3. The predicted octanol–water partition coefficient (Wildman–Crippen LogP) is 14.2. The number of hydrogen-bond acceptors (Lipinski definition) is 0. The molecule has 0 heterocycles. The van der Waals surface area contributed by atoms with Gasteiger partial charge in [0, 0.05) is 0 Å². The van der Waals surface area contributed by atoms with Gasteiger partial charge in [-0.1, -0.05) is 187 Å². The Kier molecular flexibility index (Phi) is 15.6. The standard InChI is InChI=1S/C51H70Si4.2CH3.Hf/c1-35(2)33-51(34-36(3)4,41-23-37-19-17-21-47(49(37)29-41)39-25-43(52(5,6)7)31-44(26-39)53(8,9)10)42-24-38-20-18-22-48(50(38)30-42)40-27-45(54(11,12)13)32-46(28-40)55(14,15)16;;;/h17-32,35-36H,33-34H2,1-16H3;2*1H3;/q-2;2*-1;+4. The number of fused-ring (bicyclic) bond motifs is 2. The predicted molar refractivity (Wildman–Crippen MR) is 274 cm³/mol. The largest absolute Gasteiger partial charge is 4.00 e. The molecular weight excluding hydrogens is 927 g/mol. The van der Waals surface area contributed by atoms with Gasteiger partial charge < -0.3 is 14.9 Å². The molecule has 0 saturated carbocycles. The summed E-state index contributed by atoms with van der Waals surface area (Å²) in [5.74, 6) is 1.10. The van der Waals surface area contributed by atoms with Gasteiger partial charge in [0.15, 0.2) is 0 Å². The van der Waals surface area contributed by atoms with E-state index in [1.54, 1.807) is 20.7 Å². The van der Waals surface area contributed by atoms with Crippen LogP contribution in [0.5, 0.6) is 0 Å². The van der Waals surface area contributed by atoms with E-state index >= 15 is 0 Å². The van der Waals surface area contributed by atoms with Crippen molar-refractivity contribution in [2.75, 3.05) is 0 Å². The van der Waals surface area contributed by atoms with Crippen LogP contribution in [-0.2, 0) is 31.3 Å². The van der Waals surface area contributed by atoms with Crippen LogP contribution in [0.2, 0.25) is 78.6 Å². The van der Waals surface area contributed by atoms with Crippen LogP contribution in [0.1, 0.15) is 51.7 Å². The second-order valence-electron chi connectivity index (χ2n) is 22.0. The van der Waals surface area contributed by atoms with Crippen LogP contribution < -0.4 is 20.7 Å². The number of rotatable bonds is 12. The van der Waals surface area contributed by atoms with E-state index < -0.39 is 32.3 Å². The fourth-order valence-corrected chi connectivity index (χ4v) is 13.9. The average molecular weight is 1000 g/mol. The normalized spacial score (nSPS) is 12.9. The first kappa shape index (κ1) is 50.2. The van der Waals surface area contributed by atoms with Gasteiger partial charge in [-0.05, 0) is 41.2 Å². The van der Waals surface area contributed by atoms with Crippen LogP contribution in [0.25, 0.3) is 43.8 Å². The van der Waals surface area contributed by atoms with Crippen molar-refractivity contribution in [2.24, 2.45) is 11.8 Å². The summed E-state index contributed by atoms with van der Waals surface area (Å²) < 4.78 is 0. The van der Waals surface area contributed by atoms with Crippen molar-refractivity contribution >= 4 is 74.6 Å². The molecule has 6 aromatic rings.